The maximum Gasteiger partial charge on any atom is 0.370 e. The highest BCUT2D eigenvalue weighted by molar-refractivity contribution is 5.86. The highest BCUT2D eigenvalue weighted by Crippen LogP contribution is 2.27. The van der Waals surface area contributed by atoms with Crippen molar-refractivity contribution in [2.75, 3.05) is 13.2 Å². The Morgan fingerprint density at radius 1 is 1.00 bits per heavy atom. The molecule has 1 rings (SSSR count). The quantitative estimate of drug-likeness (QED) is 0.0769. The minimum Gasteiger partial charge on any atom is -0.478 e. The number of carbonyl (C=O) groups excluding carboxylic acids is 2. The molecule has 0 aliphatic carbocycles. The molecule has 0 aromatic rings. The maximum absolute atomic E-state index is 12.3. The Balaban J connectivity index is 2.44. The Bertz CT molecular complexity index is 788. The first-order valence-electron chi connectivity index (χ1n) is 15.1. The number of aliphatic hydroxyl groups excluding tert-OH is 1. The number of aliphatic carboxylic acids is 1. The van der Waals surface area contributed by atoms with Crippen LogP contribution >= 0.6 is 0 Å². The van der Waals surface area contributed by atoms with Crippen LogP contribution in [0.15, 0.2) is 11.8 Å². The number of hydrogen-bond donors (Lipinski definition) is 4. The number of carboxylic acids is 1. The van der Waals surface area contributed by atoms with E-state index in [4.69, 9.17) is 19.6 Å². The lowest BCUT2D eigenvalue weighted by Gasteiger charge is -2.40. The van der Waals surface area contributed by atoms with E-state index in [1.165, 1.54) is 77.2 Å². The van der Waals surface area contributed by atoms with Gasteiger partial charge in [0, 0.05) is 32.1 Å². The first-order chi connectivity index (χ1) is 19.2. The summed E-state index contributed by atoms with van der Waals surface area (Å²) in [4.78, 5) is 35.7. The molecule has 0 bridgehead atoms. The summed E-state index contributed by atoms with van der Waals surface area (Å²) in [5, 5.41) is 30.7. The van der Waals surface area contributed by atoms with Gasteiger partial charge in [0.05, 0.1) is 6.04 Å². The number of aliphatic hydroxyl groups is 1. The minimum atomic E-state index is -1.34. The van der Waals surface area contributed by atoms with Gasteiger partial charge in [0.15, 0.2) is 0 Å². The summed E-state index contributed by atoms with van der Waals surface area (Å²) in [6.45, 7) is 5.01. The van der Waals surface area contributed by atoms with Crippen molar-refractivity contribution in [3.8, 4) is 0 Å². The molecule has 5 unspecified atom stereocenters. The smallest absolute Gasteiger partial charge is 0.370 e. The third-order valence-corrected chi connectivity index (χ3v) is 7.11. The van der Waals surface area contributed by atoms with Crippen molar-refractivity contribution < 1.29 is 38.8 Å². The van der Waals surface area contributed by atoms with Crippen molar-refractivity contribution in [1.29, 1.82) is 5.41 Å². The second-order valence-corrected chi connectivity index (χ2v) is 10.6. The number of carbonyl (C=O) groups is 3. The normalized spacial score (nSPS) is 20.1. The van der Waals surface area contributed by atoms with Crippen molar-refractivity contribution in [2.24, 2.45) is 5.92 Å². The summed E-state index contributed by atoms with van der Waals surface area (Å²) in [7, 11) is 0. The Hall–Kier alpha value is -2.46. The van der Waals surface area contributed by atoms with Crippen molar-refractivity contribution in [1.82, 2.24) is 5.32 Å². The molecule has 4 N–H and O–H groups in total. The average Bonchev–Trinajstić information content (AvgIpc) is 2.92. The van der Waals surface area contributed by atoms with Crippen LogP contribution in [0, 0.1) is 11.3 Å². The van der Waals surface area contributed by atoms with E-state index >= 15 is 0 Å². The molecular formula is C30H52N2O8. The van der Waals surface area contributed by atoms with Crippen LogP contribution in [0.4, 0.5) is 0 Å². The Morgan fingerprint density at radius 3 is 2.02 bits per heavy atom. The number of amides is 1. The zero-order valence-corrected chi connectivity index (χ0v) is 24.7. The molecule has 1 aliphatic rings. The van der Waals surface area contributed by atoms with Crippen molar-refractivity contribution >= 4 is 24.1 Å². The van der Waals surface area contributed by atoms with Crippen LogP contribution in [-0.2, 0) is 28.6 Å². The molecule has 0 saturated heterocycles. The lowest BCUT2D eigenvalue weighted by atomic mass is 9.87. The average molecular weight is 569 g/mol. The van der Waals surface area contributed by atoms with Crippen LogP contribution in [0.2, 0.25) is 0 Å². The van der Waals surface area contributed by atoms with E-state index < -0.39 is 53.9 Å². The fourth-order valence-electron chi connectivity index (χ4n) is 4.96. The summed E-state index contributed by atoms with van der Waals surface area (Å²) >= 11 is 0. The van der Waals surface area contributed by atoms with E-state index in [2.05, 4.69) is 12.2 Å². The molecule has 10 nitrogen and oxygen atoms in total. The van der Waals surface area contributed by atoms with E-state index in [9.17, 15) is 24.6 Å². The Kier molecular flexibility index (Phi) is 18.9. The molecule has 0 saturated carbocycles. The highest BCUT2D eigenvalue weighted by Gasteiger charge is 2.44. The molecule has 1 amide bonds. The van der Waals surface area contributed by atoms with Crippen molar-refractivity contribution in [3.63, 3.8) is 0 Å². The first-order valence-corrected chi connectivity index (χ1v) is 15.1. The molecule has 5 atom stereocenters. The van der Waals surface area contributed by atoms with Crippen LogP contribution in [-0.4, -0.2) is 71.8 Å². The van der Waals surface area contributed by atoms with Gasteiger partial charge < -0.3 is 35.1 Å². The Labute approximate surface area is 239 Å². The number of unbranched alkanes of at least 4 members (excludes halogenated alkanes) is 12. The zero-order valence-electron chi connectivity index (χ0n) is 24.7. The molecule has 0 spiro atoms. The second kappa shape index (κ2) is 21.3. The van der Waals surface area contributed by atoms with E-state index in [1.54, 1.807) is 6.92 Å². The number of hydrogen-bond acceptors (Lipinski definition) is 8. The molecule has 1 aliphatic heterocycles. The van der Waals surface area contributed by atoms with E-state index in [0.717, 1.165) is 19.1 Å². The van der Waals surface area contributed by atoms with Gasteiger partial charge in [0.25, 0.3) is 0 Å². The molecule has 0 aromatic heterocycles. The van der Waals surface area contributed by atoms with Crippen LogP contribution in [0.25, 0.3) is 0 Å². The second-order valence-electron chi connectivity index (χ2n) is 10.6. The van der Waals surface area contributed by atoms with Crippen molar-refractivity contribution in [3.05, 3.63) is 11.8 Å². The summed E-state index contributed by atoms with van der Waals surface area (Å²) < 4.78 is 16.6. The van der Waals surface area contributed by atoms with Crippen LogP contribution in [0.1, 0.15) is 111 Å². The number of esters is 1. The van der Waals surface area contributed by atoms with Crippen LogP contribution in [0.5, 0.6) is 0 Å². The first kappa shape index (κ1) is 35.6. The molecule has 40 heavy (non-hydrogen) atoms. The van der Waals surface area contributed by atoms with Gasteiger partial charge >= 0.3 is 11.9 Å². The van der Waals surface area contributed by atoms with Gasteiger partial charge in [-0.2, -0.15) is 0 Å². The molecule has 0 radical (unpaired) electrons. The molecular weight excluding hydrogens is 516 g/mol. The van der Waals surface area contributed by atoms with Gasteiger partial charge in [0.2, 0.25) is 11.7 Å². The largest absolute Gasteiger partial charge is 0.478 e. The summed E-state index contributed by atoms with van der Waals surface area (Å²) in [5.41, 5.74) is 0. The van der Waals surface area contributed by atoms with Gasteiger partial charge in [-0.1, -0.05) is 84.0 Å². The molecule has 0 aromatic carbocycles. The van der Waals surface area contributed by atoms with E-state index in [-0.39, 0.29) is 19.6 Å². The molecule has 10 heteroatoms. The number of rotatable bonds is 23. The topological polar surface area (TPSA) is 155 Å². The van der Waals surface area contributed by atoms with Crippen LogP contribution in [0.3, 0.4) is 0 Å². The predicted octanol–water partition coefficient (Wildman–Crippen LogP) is 4.91. The third-order valence-electron chi connectivity index (χ3n) is 7.11. The van der Waals surface area contributed by atoms with Crippen LogP contribution < -0.4 is 5.32 Å². The lowest BCUT2D eigenvalue weighted by molar-refractivity contribution is -0.163. The van der Waals surface area contributed by atoms with Gasteiger partial charge in [-0.25, -0.2) is 4.79 Å². The monoisotopic (exact) mass is 568 g/mol. The Morgan fingerprint density at radius 2 is 1.55 bits per heavy atom. The molecule has 230 valence electrons. The van der Waals surface area contributed by atoms with Gasteiger partial charge in [-0.3, -0.25) is 9.59 Å². The van der Waals surface area contributed by atoms with E-state index in [1.807, 2.05) is 0 Å². The van der Waals surface area contributed by atoms with Gasteiger partial charge in [-0.15, -0.1) is 0 Å². The number of ether oxygens (including phenoxy) is 3. The highest BCUT2D eigenvalue weighted by atomic mass is 16.6. The zero-order chi connectivity index (χ0) is 29.8. The number of nitrogens with one attached hydrogen (secondary N) is 2. The maximum atomic E-state index is 12.3. The minimum absolute atomic E-state index is 0.155. The SMILES string of the molecule is CCCCCCCCCCCCCCCC(=O)OCC(O)C(OCC)C1OC(C(=O)O)=CC(C=N)C1NC(C)=O. The lowest BCUT2D eigenvalue weighted by Crippen LogP contribution is -2.59. The van der Waals surface area contributed by atoms with Crippen molar-refractivity contribution in [2.45, 2.75) is 135 Å². The fraction of sp³-hybridized carbons (Fsp3) is 0.800. The summed E-state index contributed by atoms with van der Waals surface area (Å²) in [5.74, 6) is -3.37. The molecule has 0 fully saturated rings. The molecule has 1 heterocycles. The standard InChI is InChI=1S/C30H52N2O8/c1-4-6-7-8-9-10-11-12-13-14-15-16-17-18-26(35)39-21-24(34)28(38-5-2)29-27(32-22(3)33)23(20-31)19-25(40-29)30(36)37/h19-20,23-24,27-29,31,34H,4-18,21H2,1-3H3,(H,32,33)(H,36,37). The predicted molar refractivity (Wildman–Crippen MR) is 153 cm³/mol. The summed E-state index contributed by atoms with van der Waals surface area (Å²) in [6, 6.07) is -0.856. The van der Waals surface area contributed by atoms with Gasteiger partial charge in [-0.05, 0) is 19.4 Å². The fourth-order valence-corrected chi connectivity index (χ4v) is 4.96. The third kappa shape index (κ3) is 14.3. The summed E-state index contributed by atoms with van der Waals surface area (Å²) in [6.07, 6.45) is 14.6. The number of carboxylic acid groups (broad SMARTS) is 1. The van der Waals surface area contributed by atoms with Gasteiger partial charge in [0.1, 0.15) is 24.9 Å². The van der Waals surface area contributed by atoms with E-state index in [0.29, 0.717) is 6.42 Å².